The average Bonchev–Trinajstić information content (AvgIpc) is 2.15. The van der Waals surface area contributed by atoms with E-state index >= 15 is 0 Å². The summed E-state index contributed by atoms with van der Waals surface area (Å²) in [5.74, 6) is 0.781. The lowest BCUT2D eigenvalue weighted by Gasteiger charge is -2.20. The molecule has 2 N–H and O–H groups in total. The van der Waals surface area contributed by atoms with Gasteiger partial charge in [0.1, 0.15) is 0 Å². The van der Waals surface area contributed by atoms with Gasteiger partial charge in [-0.15, -0.1) is 0 Å². The summed E-state index contributed by atoms with van der Waals surface area (Å²) in [6, 6.07) is 0. The quantitative estimate of drug-likeness (QED) is 0.762. The smallest absolute Gasteiger partial charge is 0.220 e. The van der Waals surface area contributed by atoms with Crippen molar-refractivity contribution in [3.63, 3.8) is 0 Å². The number of nitrogens with two attached hydrogens (primary N) is 1. The minimum absolute atomic E-state index is 0.0652. The maximum absolute atomic E-state index is 10.9. The maximum atomic E-state index is 10.9. The highest BCUT2D eigenvalue weighted by Gasteiger charge is 2.14. The number of amides is 1. The van der Waals surface area contributed by atoms with E-state index < -0.39 is 0 Å². The largest absolute Gasteiger partial charge is 0.369 e. The van der Waals surface area contributed by atoms with E-state index in [1.165, 1.54) is 51.4 Å². The van der Waals surface area contributed by atoms with Gasteiger partial charge in [0.05, 0.1) is 0 Å². The van der Waals surface area contributed by atoms with Crippen molar-refractivity contribution in [2.75, 3.05) is 0 Å². The molecular weight excluding hydrogens is 186 g/mol. The Balaban J connectivity index is 2.20. The van der Waals surface area contributed by atoms with Crippen LogP contribution in [-0.2, 0) is 4.79 Å². The highest BCUT2D eigenvalue weighted by molar-refractivity contribution is 5.76. The number of rotatable bonds is 4. The standard InChI is InChI=1S/C13H25NO/c1-11(13(14)15)9-10-12-7-5-3-2-4-6-8-12/h11-12H,2-10H2,1H3,(H2,14,15). The zero-order chi connectivity index (χ0) is 11.1. The second-order valence-corrected chi connectivity index (χ2v) is 5.09. The molecule has 0 saturated heterocycles. The van der Waals surface area contributed by atoms with E-state index in [2.05, 4.69) is 0 Å². The lowest BCUT2D eigenvalue weighted by molar-refractivity contribution is -0.121. The SMILES string of the molecule is CC(CCC1CCCCCCC1)C(N)=O. The van der Waals surface area contributed by atoms with E-state index in [1.54, 1.807) is 0 Å². The van der Waals surface area contributed by atoms with E-state index in [0.29, 0.717) is 0 Å². The van der Waals surface area contributed by atoms with Crippen molar-refractivity contribution >= 4 is 5.91 Å². The lowest BCUT2D eigenvalue weighted by atomic mass is 9.86. The summed E-state index contributed by atoms with van der Waals surface area (Å²) >= 11 is 0. The molecule has 0 bridgehead atoms. The molecule has 0 radical (unpaired) electrons. The van der Waals surface area contributed by atoms with Gasteiger partial charge in [0.25, 0.3) is 0 Å². The molecule has 0 aromatic carbocycles. The molecule has 1 unspecified atom stereocenters. The van der Waals surface area contributed by atoms with Crippen LogP contribution < -0.4 is 5.73 Å². The van der Waals surface area contributed by atoms with Gasteiger partial charge in [-0.1, -0.05) is 51.9 Å². The van der Waals surface area contributed by atoms with Crippen LogP contribution in [0.15, 0.2) is 0 Å². The Labute approximate surface area is 93.6 Å². The molecule has 0 heterocycles. The predicted octanol–water partition coefficient (Wildman–Crippen LogP) is 3.25. The molecule has 0 aromatic rings. The van der Waals surface area contributed by atoms with Gasteiger partial charge >= 0.3 is 0 Å². The summed E-state index contributed by atoms with van der Waals surface area (Å²) in [4.78, 5) is 10.9. The van der Waals surface area contributed by atoms with Crippen LogP contribution in [0, 0.1) is 11.8 Å². The van der Waals surface area contributed by atoms with Crippen LogP contribution in [0.3, 0.4) is 0 Å². The average molecular weight is 211 g/mol. The first kappa shape index (κ1) is 12.5. The third-order valence-electron chi connectivity index (χ3n) is 3.72. The Morgan fingerprint density at radius 3 is 2.27 bits per heavy atom. The van der Waals surface area contributed by atoms with Crippen LogP contribution in [0.4, 0.5) is 0 Å². The van der Waals surface area contributed by atoms with E-state index in [1.807, 2.05) is 6.92 Å². The van der Waals surface area contributed by atoms with E-state index in [0.717, 1.165) is 12.3 Å². The van der Waals surface area contributed by atoms with Gasteiger partial charge in [0.2, 0.25) is 5.91 Å². The number of primary amides is 1. The molecule has 1 aliphatic rings. The van der Waals surface area contributed by atoms with E-state index in [4.69, 9.17) is 5.73 Å². The Hall–Kier alpha value is -0.530. The van der Waals surface area contributed by atoms with Gasteiger partial charge in [-0.05, 0) is 18.8 Å². The van der Waals surface area contributed by atoms with Gasteiger partial charge in [0.15, 0.2) is 0 Å². The highest BCUT2D eigenvalue weighted by atomic mass is 16.1. The predicted molar refractivity (Wildman–Crippen MR) is 63.4 cm³/mol. The zero-order valence-electron chi connectivity index (χ0n) is 10.0. The molecule has 0 spiro atoms. The fraction of sp³-hybridized carbons (Fsp3) is 0.923. The van der Waals surface area contributed by atoms with Crippen molar-refractivity contribution < 1.29 is 4.79 Å². The van der Waals surface area contributed by atoms with Gasteiger partial charge in [-0.3, -0.25) is 4.79 Å². The summed E-state index contributed by atoms with van der Waals surface area (Å²) in [6.07, 6.45) is 11.9. The zero-order valence-corrected chi connectivity index (χ0v) is 10.0. The first-order valence-electron chi connectivity index (χ1n) is 6.49. The Kier molecular flexibility index (Phi) is 5.74. The van der Waals surface area contributed by atoms with Gasteiger partial charge in [0, 0.05) is 5.92 Å². The summed E-state index contributed by atoms with van der Waals surface area (Å²) in [6.45, 7) is 1.95. The Morgan fingerprint density at radius 2 is 1.73 bits per heavy atom. The molecule has 1 atom stereocenters. The molecule has 1 amide bonds. The minimum atomic E-state index is -0.138. The fourth-order valence-corrected chi connectivity index (χ4v) is 2.46. The lowest BCUT2D eigenvalue weighted by Crippen LogP contribution is -2.21. The molecule has 0 aromatic heterocycles. The number of hydrogen-bond acceptors (Lipinski definition) is 1. The van der Waals surface area contributed by atoms with Crippen molar-refractivity contribution in [1.29, 1.82) is 0 Å². The normalized spacial score (nSPS) is 21.7. The van der Waals surface area contributed by atoms with Crippen molar-refractivity contribution in [3.05, 3.63) is 0 Å². The first-order valence-corrected chi connectivity index (χ1v) is 6.49. The van der Waals surface area contributed by atoms with Crippen LogP contribution in [0.25, 0.3) is 0 Å². The summed E-state index contributed by atoms with van der Waals surface area (Å²) in [5.41, 5.74) is 5.27. The van der Waals surface area contributed by atoms with Gasteiger partial charge in [-0.25, -0.2) is 0 Å². The summed E-state index contributed by atoms with van der Waals surface area (Å²) < 4.78 is 0. The van der Waals surface area contributed by atoms with E-state index in [9.17, 15) is 4.79 Å². The molecule has 2 nitrogen and oxygen atoms in total. The molecule has 1 saturated carbocycles. The van der Waals surface area contributed by atoms with Crippen molar-refractivity contribution in [2.45, 2.75) is 64.7 Å². The molecule has 1 rings (SSSR count). The first-order chi connectivity index (χ1) is 7.20. The van der Waals surface area contributed by atoms with Crippen molar-refractivity contribution in [2.24, 2.45) is 17.6 Å². The Bertz CT molecular complexity index is 183. The van der Waals surface area contributed by atoms with Crippen LogP contribution in [0.5, 0.6) is 0 Å². The van der Waals surface area contributed by atoms with Crippen LogP contribution in [0.2, 0.25) is 0 Å². The molecule has 1 aliphatic carbocycles. The summed E-state index contributed by atoms with van der Waals surface area (Å²) in [7, 11) is 0. The minimum Gasteiger partial charge on any atom is -0.369 e. The van der Waals surface area contributed by atoms with E-state index in [-0.39, 0.29) is 11.8 Å². The second kappa shape index (κ2) is 6.86. The van der Waals surface area contributed by atoms with Crippen LogP contribution >= 0.6 is 0 Å². The number of carbonyl (C=O) groups excluding carboxylic acids is 1. The topological polar surface area (TPSA) is 43.1 Å². The van der Waals surface area contributed by atoms with Crippen molar-refractivity contribution in [3.8, 4) is 0 Å². The van der Waals surface area contributed by atoms with Gasteiger partial charge < -0.3 is 5.73 Å². The number of hydrogen-bond donors (Lipinski definition) is 1. The summed E-state index contributed by atoms with van der Waals surface area (Å²) in [5, 5.41) is 0. The monoisotopic (exact) mass is 211 g/mol. The third-order valence-corrected chi connectivity index (χ3v) is 3.72. The van der Waals surface area contributed by atoms with Crippen LogP contribution in [-0.4, -0.2) is 5.91 Å². The van der Waals surface area contributed by atoms with Crippen LogP contribution in [0.1, 0.15) is 64.7 Å². The molecule has 0 aliphatic heterocycles. The maximum Gasteiger partial charge on any atom is 0.220 e. The highest BCUT2D eigenvalue weighted by Crippen LogP contribution is 2.26. The van der Waals surface area contributed by atoms with Gasteiger partial charge in [-0.2, -0.15) is 0 Å². The fourth-order valence-electron chi connectivity index (χ4n) is 2.46. The molecular formula is C13H25NO. The Morgan fingerprint density at radius 1 is 1.20 bits per heavy atom. The molecule has 88 valence electrons. The molecule has 2 heteroatoms. The molecule has 1 fully saturated rings. The van der Waals surface area contributed by atoms with Crippen molar-refractivity contribution in [1.82, 2.24) is 0 Å². The second-order valence-electron chi connectivity index (χ2n) is 5.09. The third kappa shape index (κ3) is 5.19. The number of carbonyl (C=O) groups is 1. The molecule has 15 heavy (non-hydrogen) atoms.